The molecule has 1 fully saturated rings. The van der Waals surface area contributed by atoms with Crippen molar-refractivity contribution in [1.82, 2.24) is 4.31 Å². The number of rotatable bonds is 7. The Bertz CT molecular complexity index is 817. The van der Waals surface area contributed by atoms with Crippen molar-refractivity contribution in [2.75, 3.05) is 25.0 Å². The van der Waals surface area contributed by atoms with Gasteiger partial charge in [0.1, 0.15) is 4.90 Å². The molecule has 9 heteroatoms. The van der Waals surface area contributed by atoms with Gasteiger partial charge in [0.15, 0.2) is 6.61 Å². The third-order valence-corrected chi connectivity index (χ3v) is 6.36. The first-order valence-corrected chi connectivity index (χ1v) is 10.6. The van der Waals surface area contributed by atoms with Crippen molar-refractivity contribution < 1.29 is 22.7 Å². The molecule has 0 bridgehead atoms. The van der Waals surface area contributed by atoms with Crippen molar-refractivity contribution in [3.8, 4) is 0 Å². The molecule has 2 rings (SSSR count). The van der Waals surface area contributed by atoms with E-state index in [0.717, 1.165) is 19.3 Å². The van der Waals surface area contributed by atoms with Crippen molar-refractivity contribution in [2.24, 2.45) is 0 Å². The highest BCUT2D eigenvalue weighted by Gasteiger charge is 2.28. The van der Waals surface area contributed by atoms with Crippen molar-refractivity contribution in [1.29, 1.82) is 0 Å². The van der Waals surface area contributed by atoms with Gasteiger partial charge in [0.05, 0.1) is 5.02 Å². The van der Waals surface area contributed by atoms with E-state index in [0.29, 0.717) is 19.5 Å². The number of esters is 1. The van der Waals surface area contributed by atoms with Crippen LogP contribution in [0, 0.1) is 0 Å². The molecule has 1 saturated heterocycles. The number of hydrogen-bond acceptors (Lipinski definition) is 5. The van der Waals surface area contributed by atoms with E-state index >= 15 is 0 Å². The third-order valence-electron chi connectivity index (χ3n) is 3.98. The van der Waals surface area contributed by atoms with Crippen LogP contribution in [-0.4, -0.2) is 44.3 Å². The second-order valence-electron chi connectivity index (χ2n) is 6.08. The van der Waals surface area contributed by atoms with Crippen LogP contribution >= 0.6 is 11.6 Å². The van der Waals surface area contributed by atoms with Gasteiger partial charge in [0, 0.05) is 24.9 Å². The Balaban J connectivity index is 2.07. The van der Waals surface area contributed by atoms with Crippen LogP contribution in [0.3, 0.4) is 0 Å². The molecule has 1 aliphatic rings. The van der Waals surface area contributed by atoms with Crippen LogP contribution < -0.4 is 5.32 Å². The van der Waals surface area contributed by atoms with E-state index in [9.17, 15) is 18.0 Å². The van der Waals surface area contributed by atoms with Crippen LogP contribution in [0.5, 0.6) is 0 Å². The average Bonchev–Trinajstić information content (AvgIpc) is 2.66. The minimum absolute atomic E-state index is 0.0493. The minimum Gasteiger partial charge on any atom is -0.452 e. The molecule has 0 saturated carbocycles. The van der Waals surface area contributed by atoms with Crippen molar-refractivity contribution >= 4 is 39.2 Å². The van der Waals surface area contributed by atoms with Crippen LogP contribution in [-0.2, 0) is 24.3 Å². The number of nitrogens with zero attached hydrogens (tertiary/aromatic N) is 1. The first kappa shape index (κ1) is 21.4. The first-order chi connectivity index (χ1) is 12.8. The fraction of sp³-hybridized carbons (Fsp3) is 0.444. The van der Waals surface area contributed by atoms with Crippen LogP contribution in [0.25, 0.3) is 0 Å². The quantitative estimate of drug-likeness (QED) is 0.547. The predicted octanol–water partition coefficient (Wildman–Crippen LogP) is 2.96. The SMILES string of the molecule is CC/C=C/C(=O)OCC(=O)Nc1ccc(Cl)c(S(=O)(=O)N2CCCCC2)c1. The zero-order chi connectivity index (χ0) is 19.9. The summed E-state index contributed by atoms with van der Waals surface area (Å²) in [6.45, 7) is 2.31. The molecule has 1 N–H and O–H groups in total. The Morgan fingerprint density at radius 3 is 2.63 bits per heavy atom. The second-order valence-corrected chi connectivity index (χ2v) is 8.39. The fourth-order valence-electron chi connectivity index (χ4n) is 2.62. The number of sulfonamides is 1. The summed E-state index contributed by atoms with van der Waals surface area (Å²) in [4.78, 5) is 23.3. The van der Waals surface area contributed by atoms with E-state index in [1.54, 1.807) is 6.08 Å². The van der Waals surface area contributed by atoms with Gasteiger partial charge in [0.25, 0.3) is 5.91 Å². The number of amides is 1. The van der Waals surface area contributed by atoms with E-state index in [2.05, 4.69) is 5.32 Å². The summed E-state index contributed by atoms with van der Waals surface area (Å²) in [7, 11) is -3.73. The molecule has 148 valence electrons. The van der Waals surface area contributed by atoms with Gasteiger partial charge in [-0.15, -0.1) is 0 Å². The molecule has 0 aliphatic carbocycles. The molecule has 0 atom stereocenters. The Kier molecular flexibility index (Phi) is 7.82. The molecule has 0 aromatic heterocycles. The van der Waals surface area contributed by atoms with Crippen LogP contribution in [0.4, 0.5) is 5.69 Å². The monoisotopic (exact) mass is 414 g/mol. The number of carbonyl (C=O) groups is 2. The molecule has 0 spiro atoms. The van der Waals surface area contributed by atoms with Crippen LogP contribution in [0.2, 0.25) is 5.02 Å². The zero-order valence-corrected chi connectivity index (χ0v) is 16.7. The number of carbonyl (C=O) groups excluding carboxylic acids is 2. The van der Waals surface area contributed by atoms with Crippen LogP contribution in [0.15, 0.2) is 35.2 Å². The lowest BCUT2D eigenvalue weighted by Crippen LogP contribution is -2.35. The minimum atomic E-state index is -3.73. The summed E-state index contributed by atoms with van der Waals surface area (Å²) in [5.41, 5.74) is 0.264. The Hall–Kier alpha value is -1.90. The largest absolute Gasteiger partial charge is 0.452 e. The van der Waals surface area contributed by atoms with E-state index in [4.69, 9.17) is 16.3 Å². The summed E-state index contributed by atoms with van der Waals surface area (Å²) < 4.78 is 31.8. The lowest BCUT2D eigenvalue weighted by Gasteiger charge is -2.26. The summed E-state index contributed by atoms with van der Waals surface area (Å²) in [6.07, 6.45) is 6.18. The molecule has 27 heavy (non-hydrogen) atoms. The highest BCUT2D eigenvalue weighted by molar-refractivity contribution is 7.89. The first-order valence-electron chi connectivity index (χ1n) is 8.77. The number of allylic oxidation sites excluding steroid dienone is 1. The van der Waals surface area contributed by atoms with Gasteiger partial charge in [-0.1, -0.05) is 31.0 Å². The van der Waals surface area contributed by atoms with Gasteiger partial charge >= 0.3 is 5.97 Å². The molecule has 1 aliphatic heterocycles. The Morgan fingerprint density at radius 1 is 1.26 bits per heavy atom. The van der Waals surface area contributed by atoms with E-state index < -0.39 is 28.5 Å². The second kappa shape index (κ2) is 9.87. The van der Waals surface area contributed by atoms with Crippen molar-refractivity contribution in [2.45, 2.75) is 37.5 Å². The number of anilines is 1. The summed E-state index contributed by atoms with van der Waals surface area (Å²) in [5, 5.41) is 2.61. The molecular weight excluding hydrogens is 392 g/mol. The normalized spacial score (nSPS) is 15.6. The van der Waals surface area contributed by atoms with Crippen molar-refractivity contribution in [3.05, 3.63) is 35.4 Å². The third kappa shape index (κ3) is 6.05. The predicted molar refractivity (Wildman–Crippen MR) is 103 cm³/mol. The molecule has 1 heterocycles. The molecule has 1 aromatic carbocycles. The molecule has 0 unspecified atom stereocenters. The Labute approximate surface area is 164 Å². The van der Waals surface area contributed by atoms with Gasteiger partial charge in [0.2, 0.25) is 10.0 Å². The average molecular weight is 415 g/mol. The highest BCUT2D eigenvalue weighted by atomic mass is 35.5. The van der Waals surface area contributed by atoms with Crippen molar-refractivity contribution in [3.63, 3.8) is 0 Å². The summed E-state index contributed by atoms with van der Waals surface area (Å²) in [6, 6.07) is 4.24. The molecule has 1 aromatic rings. The van der Waals surface area contributed by atoms with E-state index in [1.807, 2.05) is 6.92 Å². The van der Waals surface area contributed by atoms with Gasteiger partial charge in [-0.05, 0) is 37.5 Å². The topological polar surface area (TPSA) is 92.8 Å². The fourth-order valence-corrected chi connectivity index (χ4v) is 4.64. The standard InChI is InChI=1S/C18H23ClN2O5S/c1-2-3-7-18(23)26-13-17(22)20-14-8-9-15(19)16(12-14)27(24,25)21-10-5-4-6-11-21/h3,7-9,12H,2,4-6,10-11,13H2,1H3,(H,20,22)/b7-3+. The maximum atomic E-state index is 12.8. The van der Waals surface area contributed by atoms with Gasteiger partial charge in [-0.25, -0.2) is 13.2 Å². The van der Waals surface area contributed by atoms with Crippen LogP contribution in [0.1, 0.15) is 32.6 Å². The molecule has 7 nitrogen and oxygen atoms in total. The Morgan fingerprint density at radius 2 is 1.96 bits per heavy atom. The number of benzene rings is 1. The van der Waals surface area contributed by atoms with Gasteiger partial charge in [-0.3, -0.25) is 4.79 Å². The van der Waals surface area contributed by atoms with E-state index in [-0.39, 0.29) is 15.6 Å². The maximum absolute atomic E-state index is 12.8. The highest BCUT2D eigenvalue weighted by Crippen LogP contribution is 2.29. The smallest absolute Gasteiger partial charge is 0.330 e. The maximum Gasteiger partial charge on any atom is 0.330 e. The summed E-state index contributed by atoms with van der Waals surface area (Å²) in [5.74, 6) is -1.19. The molecule has 1 amide bonds. The lowest BCUT2D eigenvalue weighted by molar-refractivity contribution is -0.142. The number of nitrogens with one attached hydrogen (secondary N) is 1. The number of ether oxygens (including phenoxy) is 1. The lowest BCUT2D eigenvalue weighted by atomic mass is 10.2. The number of piperidine rings is 1. The van der Waals surface area contributed by atoms with Gasteiger partial charge < -0.3 is 10.1 Å². The summed E-state index contributed by atoms with van der Waals surface area (Å²) >= 11 is 6.09. The molecular formula is C18H23ClN2O5S. The molecule has 0 radical (unpaired) electrons. The van der Waals surface area contributed by atoms with Gasteiger partial charge in [-0.2, -0.15) is 4.31 Å². The zero-order valence-electron chi connectivity index (χ0n) is 15.1. The number of halogens is 1. The van der Waals surface area contributed by atoms with E-state index in [1.165, 1.54) is 28.6 Å². The number of hydrogen-bond donors (Lipinski definition) is 1.